The number of rotatable bonds is 5. The number of nitrogens with two attached hydrogens (primary N) is 1. The van der Waals surface area contributed by atoms with Crippen molar-refractivity contribution in [3.8, 4) is 0 Å². The van der Waals surface area contributed by atoms with Crippen LogP contribution in [0.25, 0.3) is 0 Å². The lowest BCUT2D eigenvalue weighted by atomic mass is 9.73. The van der Waals surface area contributed by atoms with Crippen molar-refractivity contribution in [1.29, 1.82) is 0 Å². The first-order chi connectivity index (χ1) is 10.7. The van der Waals surface area contributed by atoms with Crippen molar-refractivity contribution in [3.63, 3.8) is 0 Å². The summed E-state index contributed by atoms with van der Waals surface area (Å²) in [6.07, 6.45) is 7.53. The Hall–Kier alpha value is -1.30. The smallest absolute Gasteiger partial charge is 0.254 e. The van der Waals surface area contributed by atoms with Gasteiger partial charge in [-0.15, -0.1) is 23.7 Å². The van der Waals surface area contributed by atoms with Crippen LogP contribution in [0.15, 0.2) is 34.3 Å². The highest BCUT2D eigenvalue weighted by Gasteiger charge is 2.35. The van der Waals surface area contributed by atoms with E-state index < -0.39 is 0 Å². The number of halogens is 1. The molecule has 1 aliphatic rings. The number of hydrogen-bond acceptors (Lipinski definition) is 4. The van der Waals surface area contributed by atoms with Crippen LogP contribution in [0.5, 0.6) is 0 Å². The van der Waals surface area contributed by atoms with Crippen LogP contribution in [0, 0.1) is 0 Å². The van der Waals surface area contributed by atoms with E-state index >= 15 is 0 Å². The fourth-order valence-electron chi connectivity index (χ4n) is 3.28. The Morgan fingerprint density at radius 1 is 1.35 bits per heavy atom. The van der Waals surface area contributed by atoms with E-state index in [4.69, 9.17) is 10.2 Å². The first kappa shape index (κ1) is 18.0. The molecule has 126 valence electrons. The lowest BCUT2D eigenvalue weighted by Gasteiger charge is -2.36. The Balaban J connectivity index is 0.00000192. The van der Waals surface area contributed by atoms with E-state index in [-0.39, 0.29) is 23.7 Å². The van der Waals surface area contributed by atoms with Gasteiger partial charge in [0.05, 0.1) is 12.1 Å². The minimum Gasteiger partial charge on any atom is -0.467 e. The molecule has 1 fully saturated rings. The highest BCUT2D eigenvalue weighted by Crippen LogP contribution is 2.41. The molecule has 2 aromatic rings. The largest absolute Gasteiger partial charge is 0.467 e. The van der Waals surface area contributed by atoms with Crippen molar-refractivity contribution in [3.05, 3.63) is 46.0 Å². The molecule has 3 rings (SSSR count). The van der Waals surface area contributed by atoms with Gasteiger partial charge in [-0.3, -0.25) is 4.79 Å². The van der Waals surface area contributed by atoms with Gasteiger partial charge in [0.25, 0.3) is 5.91 Å². The van der Waals surface area contributed by atoms with E-state index in [1.165, 1.54) is 30.4 Å². The summed E-state index contributed by atoms with van der Waals surface area (Å²) in [6, 6.07) is 6.02. The molecule has 0 saturated heterocycles. The molecule has 3 N–H and O–H groups in total. The molecule has 0 aromatic carbocycles. The SMILES string of the molecule is Cl.NCc1cc(C(=O)NCC2(c3cccs3)CCCCC2)co1. The van der Waals surface area contributed by atoms with Crippen LogP contribution in [0.1, 0.15) is 53.1 Å². The second kappa shape index (κ2) is 7.99. The molecule has 1 aliphatic carbocycles. The summed E-state index contributed by atoms with van der Waals surface area (Å²) >= 11 is 1.80. The van der Waals surface area contributed by atoms with Gasteiger partial charge in [-0.25, -0.2) is 0 Å². The molecule has 0 bridgehead atoms. The van der Waals surface area contributed by atoms with Crippen LogP contribution in [0.4, 0.5) is 0 Å². The van der Waals surface area contributed by atoms with Crippen molar-refractivity contribution in [2.75, 3.05) is 6.54 Å². The Bertz CT molecular complexity index is 618. The molecule has 1 amide bonds. The van der Waals surface area contributed by atoms with Gasteiger partial charge in [-0.05, 0) is 30.4 Å². The van der Waals surface area contributed by atoms with Crippen LogP contribution >= 0.6 is 23.7 Å². The zero-order valence-electron chi connectivity index (χ0n) is 13.0. The molecule has 6 heteroatoms. The summed E-state index contributed by atoms with van der Waals surface area (Å²) in [5.41, 5.74) is 6.17. The minimum atomic E-state index is -0.0787. The lowest BCUT2D eigenvalue weighted by molar-refractivity contribution is 0.0936. The van der Waals surface area contributed by atoms with E-state index in [1.807, 2.05) is 0 Å². The summed E-state index contributed by atoms with van der Waals surface area (Å²) in [7, 11) is 0. The topological polar surface area (TPSA) is 68.3 Å². The molecular formula is C17H23ClN2O2S. The van der Waals surface area contributed by atoms with Gasteiger partial charge in [0.2, 0.25) is 0 Å². The van der Waals surface area contributed by atoms with Crippen molar-refractivity contribution in [1.82, 2.24) is 5.32 Å². The second-order valence-corrected chi connectivity index (χ2v) is 6.95. The number of carbonyl (C=O) groups excluding carboxylic acids is 1. The van der Waals surface area contributed by atoms with Crippen LogP contribution in [-0.4, -0.2) is 12.5 Å². The number of amides is 1. The van der Waals surface area contributed by atoms with Crippen molar-refractivity contribution < 1.29 is 9.21 Å². The molecule has 0 radical (unpaired) electrons. The van der Waals surface area contributed by atoms with E-state index in [9.17, 15) is 4.79 Å². The molecule has 0 atom stereocenters. The standard InChI is InChI=1S/C17H22N2O2S.ClH/c18-10-14-9-13(11-21-14)16(20)19-12-17(6-2-1-3-7-17)15-5-4-8-22-15;/h4-5,8-9,11H,1-3,6-7,10,12,18H2,(H,19,20);1H. The molecule has 0 spiro atoms. The van der Waals surface area contributed by atoms with E-state index in [0.29, 0.717) is 24.4 Å². The molecule has 1 saturated carbocycles. The Morgan fingerprint density at radius 2 is 2.13 bits per heavy atom. The van der Waals surface area contributed by atoms with E-state index in [2.05, 4.69) is 22.8 Å². The first-order valence-corrected chi connectivity index (χ1v) is 8.71. The first-order valence-electron chi connectivity index (χ1n) is 7.83. The average Bonchev–Trinajstić information content (AvgIpc) is 3.24. The monoisotopic (exact) mass is 354 g/mol. The summed E-state index contributed by atoms with van der Waals surface area (Å²) < 4.78 is 5.24. The van der Waals surface area contributed by atoms with Crippen LogP contribution < -0.4 is 11.1 Å². The van der Waals surface area contributed by atoms with Crippen LogP contribution in [-0.2, 0) is 12.0 Å². The second-order valence-electron chi connectivity index (χ2n) is 6.01. The average molecular weight is 355 g/mol. The third-order valence-corrected chi connectivity index (χ3v) is 5.68. The van der Waals surface area contributed by atoms with Crippen molar-refractivity contribution in [2.45, 2.75) is 44.1 Å². The number of hydrogen-bond donors (Lipinski definition) is 2. The quantitative estimate of drug-likeness (QED) is 0.856. The Labute approximate surface area is 146 Å². The molecule has 0 unspecified atom stereocenters. The van der Waals surface area contributed by atoms with Gasteiger partial charge in [0.15, 0.2) is 0 Å². The lowest BCUT2D eigenvalue weighted by Crippen LogP contribution is -2.41. The fraction of sp³-hybridized carbons (Fsp3) is 0.471. The summed E-state index contributed by atoms with van der Waals surface area (Å²) in [4.78, 5) is 13.7. The highest BCUT2D eigenvalue weighted by atomic mass is 35.5. The van der Waals surface area contributed by atoms with Gasteiger partial charge in [-0.2, -0.15) is 0 Å². The Morgan fingerprint density at radius 3 is 2.74 bits per heavy atom. The predicted octanol–water partition coefficient (Wildman–Crippen LogP) is 3.85. The highest BCUT2D eigenvalue weighted by molar-refractivity contribution is 7.10. The van der Waals surface area contributed by atoms with Gasteiger partial charge >= 0.3 is 0 Å². The summed E-state index contributed by atoms with van der Waals surface area (Å²) in [5, 5.41) is 5.22. The number of thiophene rings is 1. The summed E-state index contributed by atoms with van der Waals surface area (Å²) in [5.74, 6) is 0.556. The van der Waals surface area contributed by atoms with Crippen LogP contribution in [0.3, 0.4) is 0 Å². The third-order valence-electron chi connectivity index (χ3n) is 4.56. The number of nitrogens with one attached hydrogen (secondary N) is 1. The molecular weight excluding hydrogens is 332 g/mol. The molecule has 23 heavy (non-hydrogen) atoms. The molecule has 2 heterocycles. The number of carbonyl (C=O) groups is 1. The zero-order chi connectivity index (χ0) is 15.4. The van der Waals surface area contributed by atoms with Gasteiger partial charge in [0, 0.05) is 16.8 Å². The molecule has 4 nitrogen and oxygen atoms in total. The van der Waals surface area contributed by atoms with E-state index in [1.54, 1.807) is 17.4 Å². The van der Waals surface area contributed by atoms with Gasteiger partial charge in [-0.1, -0.05) is 25.3 Å². The zero-order valence-corrected chi connectivity index (χ0v) is 14.7. The molecule has 2 aromatic heterocycles. The minimum absolute atomic E-state index is 0. The summed E-state index contributed by atoms with van der Waals surface area (Å²) in [6.45, 7) is 1.00. The third kappa shape index (κ3) is 3.97. The molecule has 0 aliphatic heterocycles. The normalized spacial score (nSPS) is 16.6. The maximum atomic E-state index is 12.3. The van der Waals surface area contributed by atoms with Crippen LogP contribution in [0.2, 0.25) is 0 Å². The van der Waals surface area contributed by atoms with Gasteiger partial charge in [0.1, 0.15) is 12.0 Å². The van der Waals surface area contributed by atoms with Gasteiger partial charge < -0.3 is 15.5 Å². The fourth-order valence-corrected chi connectivity index (χ4v) is 4.26. The van der Waals surface area contributed by atoms with Crippen molar-refractivity contribution >= 4 is 29.7 Å². The Kier molecular flexibility index (Phi) is 6.27. The van der Waals surface area contributed by atoms with Crippen molar-refractivity contribution in [2.24, 2.45) is 5.73 Å². The van der Waals surface area contributed by atoms with E-state index in [0.717, 1.165) is 12.8 Å². The predicted molar refractivity (Wildman–Crippen MR) is 95.3 cm³/mol. The maximum Gasteiger partial charge on any atom is 0.254 e. The number of furan rings is 1. The maximum absolute atomic E-state index is 12.3.